The molecule has 1 saturated heterocycles. The van der Waals surface area contributed by atoms with Gasteiger partial charge in [-0.3, -0.25) is 24.6 Å². The molecule has 0 spiro atoms. The van der Waals surface area contributed by atoms with Gasteiger partial charge in [0.2, 0.25) is 0 Å². The standard InChI is InChI=1S/C25H24N4O5/c1-15-5-9-19(10-6-15)28-16(2)13-21(17(28)3)22(30)14-27-23(31)25(4,26-24(27)32)18-7-11-20(12-8-18)29(33)34/h5-13H,14H2,1-4H3,(H,26,32). The summed E-state index contributed by atoms with van der Waals surface area (Å²) in [6.07, 6.45) is 0. The summed E-state index contributed by atoms with van der Waals surface area (Å²) in [5.41, 5.74) is 2.89. The van der Waals surface area contributed by atoms with Gasteiger partial charge >= 0.3 is 6.03 Å². The second kappa shape index (κ2) is 8.26. The zero-order valence-corrected chi connectivity index (χ0v) is 19.3. The van der Waals surface area contributed by atoms with E-state index in [0.717, 1.165) is 27.5 Å². The Morgan fingerprint density at radius 2 is 1.65 bits per heavy atom. The maximum atomic E-state index is 13.2. The van der Waals surface area contributed by atoms with Gasteiger partial charge in [0.05, 0.1) is 11.5 Å². The molecule has 9 heteroatoms. The first-order chi connectivity index (χ1) is 16.0. The van der Waals surface area contributed by atoms with Crippen molar-refractivity contribution in [1.29, 1.82) is 0 Å². The van der Waals surface area contributed by atoms with Crippen molar-refractivity contribution >= 4 is 23.4 Å². The third-order valence-corrected chi connectivity index (χ3v) is 6.26. The van der Waals surface area contributed by atoms with Crippen LogP contribution in [0.5, 0.6) is 0 Å². The zero-order chi connectivity index (χ0) is 24.8. The normalized spacial score (nSPS) is 17.7. The van der Waals surface area contributed by atoms with Gasteiger partial charge in [0.1, 0.15) is 5.54 Å². The fourth-order valence-electron chi connectivity index (χ4n) is 4.32. The van der Waals surface area contributed by atoms with Crippen LogP contribution in [0.1, 0.15) is 39.8 Å². The molecule has 1 atom stereocenters. The average molecular weight is 460 g/mol. The van der Waals surface area contributed by atoms with E-state index in [0.29, 0.717) is 11.1 Å². The van der Waals surface area contributed by atoms with E-state index in [2.05, 4.69) is 5.32 Å². The summed E-state index contributed by atoms with van der Waals surface area (Å²) in [6.45, 7) is 6.82. The zero-order valence-electron chi connectivity index (χ0n) is 19.3. The van der Waals surface area contributed by atoms with Crippen LogP contribution in [-0.2, 0) is 10.3 Å². The minimum Gasteiger partial charge on any atom is -0.319 e. The first-order valence-electron chi connectivity index (χ1n) is 10.7. The van der Waals surface area contributed by atoms with Crippen molar-refractivity contribution in [3.63, 3.8) is 0 Å². The van der Waals surface area contributed by atoms with Crippen molar-refractivity contribution in [1.82, 2.24) is 14.8 Å². The van der Waals surface area contributed by atoms with E-state index in [4.69, 9.17) is 0 Å². The van der Waals surface area contributed by atoms with Crippen LogP contribution in [0.25, 0.3) is 5.69 Å². The number of benzene rings is 2. The summed E-state index contributed by atoms with van der Waals surface area (Å²) in [6, 6.07) is 14.4. The number of Topliss-reactive ketones (excluding diaryl/α,β-unsaturated/α-hetero) is 1. The molecule has 0 bridgehead atoms. The molecule has 4 rings (SSSR count). The van der Waals surface area contributed by atoms with Gasteiger partial charge in [0.15, 0.2) is 5.78 Å². The van der Waals surface area contributed by atoms with Crippen LogP contribution >= 0.6 is 0 Å². The molecule has 0 radical (unpaired) electrons. The minimum absolute atomic E-state index is 0.125. The van der Waals surface area contributed by atoms with E-state index < -0.39 is 28.9 Å². The van der Waals surface area contributed by atoms with Gasteiger partial charge in [-0.2, -0.15) is 0 Å². The number of imide groups is 1. The lowest BCUT2D eigenvalue weighted by Crippen LogP contribution is -2.41. The first-order valence-corrected chi connectivity index (χ1v) is 10.7. The molecule has 3 amide bonds. The van der Waals surface area contributed by atoms with E-state index in [9.17, 15) is 24.5 Å². The third-order valence-electron chi connectivity index (χ3n) is 6.26. The summed E-state index contributed by atoms with van der Waals surface area (Å²) in [7, 11) is 0. The minimum atomic E-state index is -1.43. The van der Waals surface area contributed by atoms with Crippen molar-refractivity contribution in [3.05, 3.63) is 92.8 Å². The molecule has 2 heterocycles. The Balaban J connectivity index is 1.58. The second-order valence-corrected chi connectivity index (χ2v) is 8.63. The highest BCUT2D eigenvalue weighted by molar-refractivity contribution is 6.11. The lowest BCUT2D eigenvalue weighted by molar-refractivity contribution is -0.384. The molecule has 3 aromatic rings. The predicted octanol–water partition coefficient (Wildman–Crippen LogP) is 3.96. The molecule has 2 aromatic carbocycles. The van der Waals surface area contributed by atoms with E-state index in [1.165, 1.54) is 31.2 Å². The number of nitro groups is 1. The van der Waals surface area contributed by atoms with Gasteiger partial charge in [-0.15, -0.1) is 0 Å². The van der Waals surface area contributed by atoms with Crippen molar-refractivity contribution < 1.29 is 19.3 Å². The summed E-state index contributed by atoms with van der Waals surface area (Å²) in [4.78, 5) is 50.3. The maximum absolute atomic E-state index is 13.2. The summed E-state index contributed by atoms with van der Waals surface area (Å²) >= 11 is 0. The number of carbonyl (C=O) groups is 3. The van der Waals surface area contributed by atoms with Gasteiger partial charge in [0.25, 0.3) is 11.6 Å². The number of nitro benzene ring substituents is 1. The molecule has 1 aliphatic rings. The van der Waals surface area contributed by atoms with Gasteiger partial charge in [-0.1, -0.05) is 17.7 Å². The topological polar surface area (TPSA) is 115 Å². The number of aryl methyl sites for hydroxylation is 2. The Morgan fingerprint density at radius 1 is 1.03 bits per heavy atom. The highest BCUT2D eigenvalue weighted by atomic mass is 16.6. The molecule has 1 aliphatic heterocycles. The fourth-order valence-corrected chi connectivity index (χ4v) is 4.32. The summed E-state index contributed by atoms with van der Waals surface area (Å²) in [5.74, 6) is -0.949. The van der Waals surface area contributed by atoms with Crippen LogP contribution < -0.4 is 5.32 Å². The average Bonchev–Trinajstić information content (AvgIpc) is 3.22. The molecule has 174 valence electrons. The van der Waals surface area contributed by atoms with Crippen molar-refractivity contribution in [2.75, 3.05) is 6.54 Å². The SMILES string of the molecule is Cc1ccc(-n2c(C)cc(C(=O)CN3C(=O)NC(C)(c4ccc([N+](=O)[O-])cc4)C3=O)c2C)cc1. The lowest BCUT2D eigenvalue weighted by Gasteiger charge is -2.22. The number of hydrogen-bond donors (Lipinski definition) is 1. The largest absolute Gasteiger partial charge is 0.325 e. The smallest absolute Gasteiger partial charge is 0.319 e. The molecule has 34 heavy (non-hydrogen) atoms. The number of carbonyl (C=O) groups excluding carboxylic acids is 3. The summed E-state index contributed by atoms with van der Waals surface area (Å²) < 4.78 is 1.96. The van der Waals surface area contributed by atoms with E-state index in [1.807, 2.05) is 49.6 Å². The van der Waals surface area contributed by atoms with Gasteiger partial charge < -0.3 is 9.88 Å². The monoisotopic (exact) mass is 460 g/mol. The molecular weight excluding hydrogens is 436 g/mol. The molecule has 1 unspecified atom stereocenters. The van der Waals surface area contributed by atoms with E-state index in [-0.39, 0.29) is 11.5 Å². The predicted molar refractivity (Wildman–Crippen MR) is 125 cm³/mol. The number of nitrogens with one attached hydrogen (secondary N) is 1. The number of ketones is 1. The van der Waals surface area contributed by atoms with Crippen LogP contribution in [0.3, 0.4) is 0 Å². The molecule has 1 N–H and O–H groups in total. The van der Waals surface area contributed by atoms with Crippen LogP contribution in [0.2, 0.25) is 0 Å². The maximum Gasteiger partial charge on any atom is 0.325 e. The molecular formula is C25H24N4O5. The Kier molecular flexibility index (Phi) is 5.56. The molecule has 0 saturated carbocycles. The van der Waals surface area contributed by atoms with Gasteiger partial charge in [-0.05, 0) is 63.6 Å². The van der Waals surface area contributed by atoms with E-state index >= 15 is 0 Å². The first kappa shape index (κ1) is 22.9. The number of rotatable bonds is 6. The number of amides is 3. The molecule has 1 aromatic heterocycles. The van der Waals surface area contributed by atoms with Crippen LogP contribution in [0, 0.1) is 30.9 Å². The highest BCUT2D eigenvalue weighted by Gasteiger charge is 2.49. The number of hydrogen-bond acceptors (Lipinski definition) is 5. The van der Waals surface area contributed by atoms with Crippen LogP contribution in [0.15, 0.2) is 54.6 Å². The number of nitrogens with zero attached hydrogens (tertiary/aromatic N) is 3. The van der Waals surface area contributed by atoms with Crippen molar-refractivity contribution in [2.45, 2.75) is 33.2 Å². The molecule has 0 aliphatic carbocycles. The molecule has 9 nitrogen and oxygen atoms in total. The van der Waals surface area contributed by atoms with Crippen molar-refractivity contribution in [2.24, 2.45) is 0 Å². The number of non-ortho nitro benzene ring substituents is 1. The molecule has 1 fully saturated rings. The quantitative estimate of drug-likeness (QED) is 0.259. The van der Waals surface area contributed by atoms with Crippen LogP contribution in [0.4, 0.5) is 10.5 Å². The Hall–Kier alpha value is -4.27. The van der Waals surface area contributed by atoms with Crippen molar-refractivity contribution in [3.8, 4) is 5.69 Å². The van der Waals surface area contributed by atoms with Gasteiger partial charge in [-0.25, -0.2) is 4.79 Å². The second-order valence-electron chi connectivity index (χ2n) is 8.63. The Morgan fingerprint density at radius 3 is 2.24 bits per heavy atom. The number of aromatic nitrogens is 1. The summed E-state index contributed by atoms with van der Waals surface area (Å²) in [5, 5.41) is 13.5. The van der Waals surface area contributed by atoms with Gasteiger partial charge in [0, 0.05) is 34.8 Å². The van der Waals surface area contributed by atoms with E-state index in [1.54, 1.807) is 6.07 Å². The Labute approximate surface area is 196 Å². The Bertz CT molecular complexity index is 1320. The third kappa shape index (κ3) is 3.75. The highest BCUT2D eigenvalue weighted by Crippen LogP contribution is 2.30. The number of urea groups is 1. The lowest BCUT2D eigenvalue weighted by atomic mass is 9.92. The van der Waals surface area contributed by atoms with Crippen LogP contribution in [-0.4, -0.2) is 38.7 Å². The fraction of sp³-hybridized carbons (Fsp3) is 0.240.